The number of ether oxygens (including phenoxy) is 1. The Kier molecular flexibility index (Phi) is 4.93. The maximum absolute atomic E-state index is 11.9. The average Bonchev–Trinajstić information content (AvgIpc) is 3.04. The van der Waals surface area contributed by atoms with E-state index in [0.717, 1.165) is 18.5 Å². The molecule has 0 saturated carbocycles. The molecule has 0 atom stereocenters. The third kappa shape index (κ3) is 3.81. The van der Waals surface area contributed by atoms with E-state index in [-0.39, 0.29) is 18.2 Å². The molecule has 3 rings (SSSR count). The molecule has 2 aromatic rings. The van der Waals surface area contributed by atoms with Gasteiger partial charge in [0.1, 0.15) is 0 Å². The molecule has 24 heavy (non-hydrogen) atoms. The zero-order valence-corrected chi connectivity index (χ0v) is 13.9. The number of hydrogen-bond donors (Lipinski definition) is 1. The molecule has 1 saturated heterocycles. The van der Waals surface area contributed by atoms with E-state index in [2.05, 4.69) is 20.8 Å². The lowest BCUT2D eigenvalue weighted by molar-refractivity contribution is 0.0701. The maximum atomic E-state index is 11.9. The number of hydrogen-bond acceptors (Lipinski definition) is 6. The third-order valence-corrected chi connectivity index (χ3v) is 3.89. The summed E-state index contributed by atoms with van der Waals surface area (Å²) >= 11 is 0. The van der Waals surface area contributed by atoms with Crippen molar-refractivity contribution in [3.63, 3.8) is 0 Å². The molecule has 0 aliphatic carbocycles. The number of aromatic nitrogens is 4. The molecule has 128 valence electrons. The van der Waals surface area contributed by atoms with Crippen molar-refractivity contribution in [1.29, 1.82) is 0 Å². The summed E-state index contributed by atoms with van der Waals surface area (Å²) in [5.41, 5.74) is 0.906. The number of anilines is 1. The molecule has 1 aliphatic heterocycles. The van der Waals surface area contributed by atoms with Gasteiger partial charge in [0.05, 0.1) is 11.8 Å². The van der Waals surface area contributed by atoms with Crippen LogP contribution in [0.15, 0.2) is 30.3 Å². The van der Waals surface area contributed by atoms with Gasteiger partial charge in [-0.05, 0) is 49.2 Å². The summed E-state index contributed by atoms with van der Waals surface area (Å²) in [5.74, 6) is 0.615. The monoisotopic (exact) mass is 330 g/mol. The average molecular weight is 330 g/mol. The largest absolute Gasteiger partial charge is 0.447 e. The van der Waals surface area contributed by atoms with Gasteiger partial charge in [0.15, 0.2) is 0 Å². The van der Waals surface area contributed by atoms with Crippen LogP contribution in [0.25, 0.3) is 5.69 Å². The minimum Gasteiger partial charge on any atom is -0.447 e. The molecule has 1 amide bonds. The molecule has 1 N–H and O–H groups in total. The van der Waals surface area contributed by atoms with Crippen LogP contribution < -0.4 is 5.32 Å². The predicted octanol–water partition coefficient (Wildman–Crippen LogP) is 2.08. The van der Waals surface area contributed by atoms with E-state index in [1.165, 1.54) is 0 Å². The molecular formula is C16H22N6O2. The van der Waals surface area contributed by atoms with Crippen molar-refractivity contribution in [2.45, 2.75) is 38.8 Å². The maximum Gasteiger partial charge on any atom is 0.410 e. The van der Waals surface area contributed by atoms with Gasteiger partial charge in [-0.25, -0.2) is 4.79 Å². The molecule has 1 aromatic heterocycles. The normalized spacial score (nSPS) is 15.5. The van der Waals surface area contributed by atoms with Crippen molar-refractivity contribution < 1.29 is 9.53 Å². The number of tetrazole rings is 1. The second-order valence-corrected chi connectivity index (χ2v) is 6.09. The SMILES string of the molecule is CC(C)OC(=O)N1CCC(Nc2nnnn2-c2ccccc2)CC1. The molecule has 0 unspecified atom stereocenters. The Morgan fingerprint density at radius 2 is 1.96 bits per heavy atom. The van der Waals surface area contributed by atoms with Gasteiger partial charge in [-0.3, -0.25) is 0 Å². The number of amides is 1. The van der Waals surface area contributed by atoms with E-state index < -0.39 is 0 Å². The van der Waals surface area contributed by atoms with Crippen LogP contribution >= 0.6 is 0 Å². The highest BCUT2D eigenvalue weighted by molar-refractivity contribution is 5.67. The van der Waals surface area contributed by atoms with Gasteiger partial charge in [0.25, 0.3) is 0 Å². The van der Waals surface area contributed by atoms with Gasteiger partial charge < -0.3 is 15.0 Å². The minimum atomic E-state index is -0.238. The second-order valence-electron chi connectivity index (χ2n) is 6.09. The molecule has 0 radical (unpaired) electrons. The van der Waals surface area contributed by atoms with Crippen LogP contribution in [0.3, 0.4) is 0 Å². The number of benzene rings is 1. The highest BCUT2D eigenvalue weighted by Gasteiger charge is 2.25. The predicted molar refractivity (Wildman–Crippen MR) is 89.0 cm³/mol. The summed E-state index contributed by atoms with van der Waals surface area (Å²) in [4.78, 5) is 13.7. The van der Waals surface area contributed by atoms with Crippen LogP contribution in [0.1, 0.15) is 26.7 Å². The number of carbonyl (C=O) groups is 1. The van der Waals surface area contributed by atoms with Gasteiger partial charge in [-0.2, -0.15) is 4.68 Å². The molecule has 0 spiro atoms. The summed E-state index contributed by atoms with van der Waals surface area (Å²) < 4.78 is 6.92. The Morgan fingerprint density at radius 3 is 2.62 bits per heavy atom. The number of nitrogens with zero attached hydrogens (tertiary/aromatic N) is 5. The second kappa shape index (κ2) is 7.29. The van der Waals surface area contributed by atoms with Gasteiger partial charge >= 0.3 is 6.09 Å². The first kappa shape index (κ1) is 16.2. The van der Waals surface area contributed by atoms with Crippen molar-refractivity contribution in [3.05, 3.63) is 30.3 Å². The Hall–Kier alpha value is -2.64. The Bertz CT molecular complexity index is 664. The number of piperidine rings is 1. The first-order valence-corrected chi connectivity index (χ1v) is 8.19. The molecule has 8 nitrogen and oxygen atoms in total. The number of likely N-dealkylation sites (tertiary alicyclic amines) is 1. The highest BCUT2D eigenvalue weighted by Crippen LogP contribution is 2.17. The van der Waals surface area contributed by atoms with E-state index in [0.29, 0.717) is 19.0 Å². The van der Waals surface area contributed by atoms with Gasteiger partial charge in [0, 0.05) is 19.1 Å². The van der Waals surface area contributed by atoms with Crippen LogP contribution in [-0.4, -0.2) is 56.4 Å². The van der Waals surface area contributed by atoms with Gasteiger partial charge in [-0.1, -0.05) is 23.3 Å². The Balaban J connectivity index is 1.58. The fraction of sp³-hybridized carbons (Fsp3) is 0.500. The van der Waals surface area contributed by atoms with Crippen LogP contribution in [0, 0.1) is 0 Å². The number of carbonyl (C=O) groups excluding carboxylic acids is 1. The zero-order valence-electron chi connectivity index (χ0n) is 13.9. The van der Waals surface area contributed by atoms with Crippen LogP contribution in [0.2, 0.25) is 0 Å². The highest BCUT2D eigenvalue weighted by atomic mass is 16.6. The first-order valence-electron chi connectivity index (χ1n) is 8.19. The van der Waals surface area contributed by atoms with Crippen LogP contribution in [-0.2, 0) is 4.74 Å². The minimum absolute atomic E-state index is 0.0937. The molecule has 0 bridgehead atoms. The number of para-hydroxylation sites is 1. The van der Waals surface area contributed by atoms with Gasteiger partial charge in [-0.15, -0.1) is 0 Å². The topological polar surface area (TPSA) is 85.2 Å². The summed E-state index contributed by atoms with van der Waals surface area (Å²) in [5, 5.41) is 15.2. The van der Waals surface area contributed by atoms with E-state index in [1.807, 2.05) is 44.2 Å². The number of nitrogens with one attached hydrogen (secondary N) is 1. The summed E-state index contributed by atoms with van der Waals surface area (Å²) in [6.07, 6.45) is 1.32. The fourth-order valence-electron chi connectivity index (χ4n) is 2.69. The van der Waals surface area contributed by atoms with Crippen molar-refractivity contribution in [2.24, 2.45) is 0 Å². The summed E-state index contributed by atoms with van der Waals surface area (Å²) in [6, 6.07) is 9.96. The van der Waals surface area contributed by atoms with Crippen molar-refractivity contribution in [3.8, 4) is 5.69 Å². The third-order valence-electron chi connectivity index (χ3n) is 3.89. The molecule has 1 fully saturated rings. The fourth-order valence-corrected chi connectivity index (χ4v) is 2.69. The number of rotatable bonds is 4. The molecule has 1 aliphatic rings. The van der Waals surface area contributed by atoms with Gasteiger partial charge in [0.2, 0.25) is 5.95 Å². The first-order chi connectivity index (χ1) is 11.6. The summed E-state index contributed by atoms with van der Waals surface area (Å²) in [6.45, 7) is 5.04. The van der Waals surface area contributed by atoms with Crippen LogP contribution in [0.4, 0.5) is 10.7 Å². The van der Waals surface area contributed by atoms with E-state index in [9.17, 15) is 4.79 Å². The van der Waals surface area contributed by atoms with Crippen LogP contribution in [0.5, 0.6) is 0 Å². The quantitative estimate of drug-likeness (QED) is 0.924. The Labute approximate surface area is 140 Å². The summed E-state index contributed by atoms with van der Waals surface area (Å²) in [7, 11) is 0. The molecule has 1 aromatic carbocycles. The zero-order chi connectivity index (χ0) is 16.9. The van der Waals surface area contributed by atoms with E-state index in [4.69, 9.17) is 4.74 Å². The Morgan fingerprint density at radius 1 is 1.25 bits per heavy atom. The smallest absolute Gasteiger partial charge is 0.410 e. The van der Waals surface area contributed by atoms with Crippen molar-refractivity contribution >= 4 is 12.0 Å². The van der Waals surface area contributed by atoms with Crippen molar-refractivity contribution in [1.82, 2.24) is 25.1 Å². The van der Waals surface area contributed by atoms with E-state index >= 15 is 0 Å². The lowest BCUT2D eigenvalue weighted by Crippen LogP contribution is -2.43. The molecule has 8 heteroatoms. The lowest BCUT2D eigenvalue weighted by atomic mass is 10.1. The lowest BCUT2D eigenvalue weighted by Gasteiger charge is -2.32. The van der Waals surface area contributed by atoms with E-state index in [1.54, 1.807) is 9.58 Å². The molecular weight excluding hydrogens is 308 g/mol. The molecule has 2 heterocycles. The standard InChI is InChI=1S/C16H22N6O2/c1-12(2)24-16(23)21-10-8-13(9-11-21)17-15-18-19-20-22(15)14-6-4-3-5-7-14/h3-7,12-13H,8-11H2,1-2H3,(H,17,18,20). The van der Waals surface area contributed by atoms with Crippen molar-refractivity contribution in [2.75, 3.05) is 18.4 Å².